The summed E-state index contributed by atoms with van der Waals surface area (Å²) in [4.78, 5) is 30.5. The summed E-state index contributed by atoms with van der Waals surface area (Å²) in [6.45, 7) is 1.53. The number of methoxy groups -OCH3 is 1. The van der Waals surface area contributed by atoms with Crippen LogP contribution in [-0.4, -0.2) is 77.3 Å². The van der Waals surface area contributed by atoms with Crippen molar-refractivity contribution in [1.82, 2.24) is 24.9 Å². The van der Waals surface area contributed by atoms with Crippen molar-refractivity contribution in [3.63, 3.8) is 0 Å². The molecule has 1 aromatic heterocycles. The molecule has 10 nitrogen and oxygen atoms in total. The van der Waals surface area contributed by atoms with Crippen molar-refractivity contribution < 1.29 is 23.8 Å². The summed E-state index contributed by atoms with van der Waals surface area (Å²) in [6, 6.07) is 20.0. The summed E-state index contributed by atoms with van der Waals surface area (Å²) in [5, 5.41) is 7.71. The van der Waals surface area contributed by atoms with Gasteiger partial charge in [-0.25, -0.2) is 4.68 Å². The number of nitrogens with zero attached hydrogens (tertiary/aromatic N) is 4. The van der Waals surface area contributed by atoms with Crippen LogP contribution < -0.4 is 14.8 Å². The van der Waals surface area contributed by atoms with Gasteiger partial charge in [-0.15, -0.1) is 0 Å². The fraction of sp³-hybridized carbons (Fsp3) is 0.281. The molecule has 2 aliphatic rings. The van der Waals surface area contributed by atoms with Crippen LogP contribution in [0.3, 0.4) is 0 Å². The third-order valence-corrected chi connectivity index (χ3v) is 7.86. The Morgan fingerprint density at radius 1 is 1.05 bits per heavy atom. The van der Waals surface area contributed by atoms with E-state index in [4.69, 9.17) is 25.8 Å². The maximum absolute atomic E-state index is 13.7. The van der Waals surface area contributed by atoms with E-state index in [0.717, 1.165) is 16.8 Å². The highest BCUT2D eigenvalue weighted by molar-refractivity contribution is 6.33. The number of likely N-dealkylation sites (N-methyl/N-ethyl adjacent to an activating group) is 1. The lowest BCUT2D eigenvalue weighted by atomic mass is 10.1. The van der Waals surface area contributed by atoms with Gasteiger partial charge in [-0.2, -0.15) is 5.10 Å². The smallest absolute Gasteiger partial charge is 0.255 e. The van der Waals surface area contributed by atoms with E-state index in [9.17, 15) is 9.59 Å². The van der Waals surface area contributed by atoms with Crippen LogP contribution in [0.25, 0.3) is 5.69 Å². The Bertz CT molecular complexity index is 1630. The molecule has 3 heterocycles. The van der Waals surface area contributed by atoms with Gasteiger partial charge in [-0.1, -0.05) is 29.8 Å². The SMILES string of the molecule is COc1ccc2cc1Oc1cccc(c1)CO[C@H]1CN(C(=O)c3cc(-n4cccn4)ccc3Cl)C[C@@H]1NC(=O)CN(C)C2. The Balaban J connectivity index is 1.26. The van der Waals surface area contributed by atoms with Gasteiger partial charge in [0.15, 0.2) is 11.5 Å². The van der Waals surface area contributed by atoms with Crippen LogP contribution in [0, 0.1) is 0 Å². The van der Waals surface area contributed by atoms with Gasteiger partial charge in [0.1, 0.15) is 5.75 Å². The molecule has 0 aliphatic carbocycles. The standard InChI is InChI=1S/C32H32ClN5O5/c1-36-16-21-7-10-28(41-2)29(14-21)43-24-6-3-5-22(13-24)20-42-30-18-37(17-27(30)35-31(39)19-36)32(40)25-15-23(8-9-26(25)33)38-12-4-11-34-38/h3-15,27,30H,16-20H2,1-2H3,(H,35,39)/t27-,30-/m0/s1. The number of carbonyl (C=O) groups excluding carboxylic acids is 2. The third-order valence-electron chi connectivity index (χ3n) is 7.53. The highest BCUT2D eigenvalue weighted by Crippen LogP contribution is 2.33. The molecule has 1 N–H and O–H groups in total. The van der Waals surface area contributed by atoms with Crippen molar-refractivity contribution in [1.29, 1.82) is 0 Å². The first kappa shape index (κ1) is 28.7. The van der Waals surface area contributed by atoms with Crippen molar-refractivity contribution in [2.45, 2.75) is 25.3 Å². The second-order valence-corrected chi connectivity index (χ2v) is 11.2. The number of carbonyl (C=O) groups is 2. The highest BCUT2D eigenvalue weighted by atomic mass is 35.5. The molecular formula is C32H32ClN5O5. The van der Waals surface area contributed by atoms with Crippen LogP contribution in [0.4, 0.5) is 0 Å². The lowest BCUT2D eigenvalue weighted by Gasteiger charge is -2.23. The first-order chi connectivity index (χ1) is 20.9. The maximum Gasteiger partial charge on any atom is 0.255 e. The fourth-order valence-corrected chi connectivity index (χ4v) is 5.65. The predicted octanol–water partition coefficient (Wildman–Crippen LogP) is 4.30. The Morgan fingerprint density at radius 3 is 2.74 bits per heavy atom. The summed E-state index contributed by atoms with van der Waals surface area (Å²) in [5.41, 5.74) is 2.95. The second-order valence-electron chi connectivity index (χ2n) is 10.8. The number of hydrogen-bond donors (Lipinski definition) is 1. The van der Waals surface area contributed by atoms with E-state index < -0.39 is 12.1 Å². The topological polar surface area (TPSA) is 98.2 Å². The van der Waals surface area contributed by atoms with Crippen LogP contribution in [0.1, 0.15) is 21.5 Å². The number of rotatable bonds is 3. The molecule has 0 unspecified atom stereocenters. The zero-order valence-corrected chi connectivity index (χ0v) is 24.7. The zero-order valence-electron chi connectivity index (χ0n) is 23.9. The van der Waals surface area contributed by atoms with Gasteiger partial charge < -0.3 is 24.4 Å². The van der Waals surface area contributed by atoms with Gasteiger partial charge in [0.2, 0.25) is 5.91 Å². The largest absolute Gasteiger partial charge is 0.493 e. The number of nitrogens with one attached hydrogen (secondary N) is 1. The summed E-state index contributed by atoms with van der Waals surface area (Å²) in [7, 11) is 3.48. The summed E-state index contributed by atoms with van der Waals surface area (Å²) >= 11 is 6.49. The minimum absolute atomic E-state index is 0.159. The number of fused-ring (bicyclic) bond motifs is 5. The van der Waals surface area contributed by atoms with Crippen molar-refractivity contribution in [2.75, 3.05) is 33.8 Å². The second kappa shape index (κ2) is 12.5. The first-order valence-corrected chi connectivity index (χ1v) is 14.4. The summed E-state index contributed by atoms with van der Waals surface area (Å²) < 4.78 is 19.8. The molecule has 2 amide bonds. The van der Waals surface area contributed by atoms with Crippen molar-refractivity contribution in [3.05, 3.63) is 101 Å². The number of ether oxygens (including phenoxy) is 3. The number of benzene rings is 3. The molecule has 6 rings (SSSR count). The molecule has 4 bridgehead atoms. The molecule has 0 radical (unpaired) electrons. The van der Waals surface area contributed by atoms with E-state index >= 15 is 0 Å². The average molecular weight is 602 g/mol. The normalized spacial score (nSPS) is 19.3. The average Bonchev–Trinajstić information content (AvgIpc) is 3.67. The molecule has 1 saturated heterocycles. The predicted molar refractivity (Wildman–Crippen MR) is 161 cm³/mol. The number of aromatic nitrogens is 2. The zero-order chi connectivity index (χ0) is 29.9. The molecule has 11 heteroatoms. The molecule has 222 valence electrons. The molecule has 4 aromatic rings. The fourth-order valence-electron chi connectivity index (χ4n) is 5.45. The van der Waals surface area contributed by atoms with Gasteiger partial charge in [0, 0.05) is 32.0 Å². The Hall–Kier alpha value is -4.38. The monoisotopic (exact) mass is 601 g/mol. The van der Waals surface area contributed by atoms with Crippen molar-refractivity contribution >= 4 is 23.4 Å². The van der Waals surface area contributed by atoms with E-state index in [1.807, 2.05) is 66.5 Å². The third kappa shape index (κ3) is 6.51. The number of halogens is 1. The Kier molecular flexibility index (Phi) is 8.33. The van der Waals surface area contributed by atoms with Crippen LogP contribution in [0.2, 0.25) is 5.02 Å². The molecule has 0 spiro atoms. The van der Waals surface area contributed by atoms with E-state index in [1.165, 1.54) is 0 Å². The molecule has 1 fully saturated rings. The van der Waals surface area contributed by atoms with Gasteiger partial charge >= 0.3 is 0 Å². The van der Waals surface area contributed by atoms with Gasteiger partial charge in [-0.3, -0.25) is 14.5 Å². The number of hydrogen-bond acceptors (Lipinski definition) is 7. The summed E-state index contributed by atoms with van der Waals surface area (Å²) in [6.07, 6.45) is 3.04. The van der Waals surface area contributed by atoms with Crippen LogP contribution in [-0.2, 0) is 22.7 Å². The molecular weight excluding hydrogens is 570 g/mol. The lowest BCUT2D eigenvalue weighted by Crippen LogP contribution is -2.47. The van der Waals surface area contributed by atoms with E-state index in [1.54, 1.807) is 41.2 Å². The van der Waals surface area contributed by atoms with Crippen LogP contribution in [0.15, 0.2) is 79.1 Å². The van der Waals surface area contributed by atoms with E-state index in [0.29, 0.717) is 40.9 Å². The highest BCUT2D eigenvalue weighted by Gasteiger charge is 2.38. The molecule has 3 aromatic carbocycles. The Labute approximate surface area is 254 Å². The molecule has 43 heavy (non-hydrogen) atoms. The molecule has 0 saturated carbocycles. The minimum atomic E-state index is -0.434. The van der Waals surface area contributed by atoms with Crippen LogP contribution in [0.5, 0.6) is 17.2 Å². The number of amides is 2. The Morgan fingerprint density at radius 2 is 1.93 bits per heavy atom. The number of likely N-dealkylation sites (tertiary alicyclic amines) is 1. The van der Waals surface area contributed by atoms with Crippen molar-refractivity contribution in [3.8, 4) is 22.9 Å². The van der Waals surface area contributed by atoms with Crippen LogP contribution >= 0.6 is 11.6 Å². The van der Waals surface area contributed by atoms with Gasteiger partial charge in [0.25, 0.3) is 5.91 Å². The van der Waals surface area contributed by atoms with Crippen molar-refractivity contribution in [2.24, 2.45) is 0 Å². The van der Waals surface area contributed by atoms with Gasteiger partial charge in [0.05, 0.1) is 48.7 Å². The lowest BCUT2D eigenvalue weighted by molar-refractivity contribution is -0.123. The van der Waals surface area contributed by atoms with E-state index in [2.05, 4.69) is 10.4 Å². The molecule has 2 atom stereocenters. The molecule has 2 aliphatic heterocycles. The van der Waals surface area contributed by atoms with Gasteiger partial charge in [-0.05, 0) is 66.7 Å². The first-order valence-electron chi connectivity index (χ1n) is 14.0. The quantitative estimate of drug-likeness (QED) is 0.374. The maximum atomic E-state index is 13.7. The minimum Gasteiger partial charge on any atom is -0.493 e. The van der Waals surface area contributed by atoms with E-state index in [-0.39, 0.29) is 31.5 Å². The summed E-state index contributed by atoms with van der Waals surface area (Å²) in [5.74, 6) is 1.45.